The number of carboxylic acid groups (broad SMARTS) is 1. The third-order valence-electron chi connectivity index (χ3n) is 2.32. The minimum atomic E-state index is -1.25. The van der Waals surface area contributed by atoms with E-state index in [1.807, 2.05) is 0 Å². The Morgan fingerprint density at radius 1 is 1.32 bits per heavy atom. The molecule has 0 bridgehead atoms. The van der Waals surface area contributed by atoms with E-state index in [1.54, 1.807) is 6.07 Å². The van der Waals surface area contributed by atoms with Crippen LogP contribution in [-0.2, 0) is 0 Å². The summed E-state index contributed by atoms with van der Waals surface area (Å²) in [4.78, 5) is 28.4. The molecule has 0 aliphatic heterocycles. The maximum absolute atomic E-state index is 10.9. The lowest BCUT2D eigenvalue weighted by Crippen LogP contribution is -2.06. The molecule has 0 saturated heterocycles. The van der Waals surface area contributed by atoms with E-state index in [2.05, 4.69) is 9.97 Å². The molecule has 0 radical (unpaired) electrons. The van der Waals surface area contributed by atoms with Crippen molar-refractivity contribution < 1.29 is 14.8 Å². The number of carboxylic acids is 1. The van der Waals surface area contributed by atoms with E-state index in [-0.39, 0.29) is 23.0 Å². The first kappa shape index (κ1) is 12.4. The summed E-state index contributed by atoms with van der Waals surface area (Å²) in [7, 11) is 0. The van der Waals surface area contributed by atoms with Gasteiger partial charge in [0.2, 0.25) is 5.95 Å². The lowest BCUT2D eigenvalue weighted by molar-refractivity contribution is -0.384. The maximum Gasteiger partial charge on any atom is 0.354 e. The van der Waals surface area contributed by atoms with Gasteiger partial charge in [-0.15, -0.1) is 0 Å². The standard InChI is InChI=1S/C11H8N4O4/c12-11-13-8(5-9(14-11)10(16)17)6-2-1-3-7(4-6)15(18)19/h1-5H,(H,16,17)(H2,12,13,14). The van der Waals surface area contributed by atoms with Gasteiger partial charge in [-0.2, -0.15) is 0 Å². The monoisotopic (exact) mass is 260 g/mol. The van der Waals surface area contributed by atoms with Crippen LogP contribution in [0.4, 0.5) is 11.6 Å². The molecule has 0 fully saturated rings. The molecule has 96 valence electrons. The number of nitrogen functional groups attached to an aromatic ring is 1. The SMILES string of the molecule is Nc1nc(C(=O)O)cc(-c2cccc([N+](=O)[O-])c2)n1. The number of non-ortho nitro benzene ring substituents is 1. The Kier molecular flexibility index (Phi) is 3.06. The molecule has 1 aromatic carbocycles. The van der Waals surface area contributed by atoms with Crippen LogP contribution in [0.15, 0.2) is 30.3 Å². The molecular formula is C11H8N4O4. The summed E-state index contributed by atoms with van der Waals surface area (Å²) in [6.45, 7) is 0. The highest BCUT2D eigenvalue weighted by atomic mass is 16.6. The van der Waals surface area contributed by atoms with E-state index in [1.165, 1.54) is 24.3 Å². The number of anilines is 1. The largest absolute Gasteiger partial charge is 0.477 e. The third kappa shape index (κ3) is 2.63. The van der Waals surface area contributed by atoms with Crippen LogP contribution in [0.3, 0.4) is 0 Å². The van der Waals surface area contributed by atoms with E-state index in [0.717, 1.165) is 0 Å². The summed E-state index contributed by atoms with van der Waals surface area (Å²) >= 11 is 0. The van der Waals surface area contributed by atoms with Gasteiger partial charge in [-0.25, -0.2) is 14.8 Å². The molecule has 0 amide bonds. The Morgan fingerprint density at radius 2 is 2.05 bits per heavy atom. The number of benzene rings is 1. The highest BCUT2D eigenvalue weighted by molar-refractivity contribution is 5.87. The van der Waals surface area contributed by atoms with Gasteiger partial charge < -0.3 is 10.8 Å². The second-order valence-electron chi connectivity index (χ2n) is 3.61. The molecule has 1 aromatic heterocycles. The molecule has 2 aromatic rings. The fourth-order valence-corrected chi connectivity index (χ4v) is 1.50. The van der Waals surface area contributed by atoms with Gasteiger partial charge in [0.05, 0.1) is 10.6 Å². The molecule has 3 N–H and O–H groups in total. The summed E-state index contributed by atoms with van der Waals surface area (Å²) in [6.07, 6.45) is 0. The summed E-state index contributed by atoms with van der Waals surface area (Å²) in [5.41, 5.74) is 5.64. The molecule has 0 spiro atoms. The number of nitrogens with zero attached hydrogens (tertiary/aromatic N) is 3. The van der Waals surface area contributed by atoms with Gasteiger partial charge in [-0.05, 0) is 6.07 Å². The molecule has 2 rings (SSSR count). The Balaban J connectivity index is 2.55. The van der Waals surface area contributed by atoms with Gasteiger partial charge in [0.25, 0.3) is 5.69 Å². The first-order valence-electron chi connectivity index (χ1n) is 5.10. The number of nitro benzene ring substituents is 1. The Morgan fingerprint density at radius 3 is 2.68 bits per heavy atom. The Bertz CT molecular complexity index is 671. The summed E-state index contributed by atoms with van der Waals surface area (Å²) in [5.74, 6) is -1.46. The van der Waals surface area contributed by atoms with E-state index < -0.39 is 10.9 Å². The van der Waals surface area contributed by atoms with Crippen molar-refractivity contribution in [1.29, 1.82) is 0 Å². The van der Waals surface area contributed by atoms with Crippen LogP contribution in [0.1, 0.15) is 10.5 Å². The molecule has 0 atom stereocenters. The van der Waals surface area contributed by atoms with Gasteiger partial charge in [0.15, 0.2) is 5.69 Å². The topological polar surface area (TPSA) is 132 Å². The molecule has 8 nitrogen and oxygen atoms in total. The predicted octanol–water partition coefficient (Wildman–Crippen LogP) is 1.33. The predicted molar refractivity (Wildman–Crippen MR) is 65.5 cm³/mol. The second kappa shape index (κ2) is 4.69. The van der Waals surface area contributed by atoms with E-state index in [0.29, 0.717) is 5.56 Å². The number of carbonyl (C=O) groups is 1. The molecule has 1 heterocycles. The van der Waals surface area contributed by atoms with Crippen LogP contribution in [0.5, 0.6) is 0 Å². The number of aromatic carboxylic acids is 1. The number of nitro groups is 1. The lowest BCUT2D eigenvalue weighted by atomic mass is 10.1. The van der Waals surface area contributed by atoms with Crippen molar-refractivity contribution in [3.8, 4) is 11.3 Å². The smallest absolute Gasteiger partial charge is 0.354 e. The molecule has 0 saturated carbocycles. The van der Waals surface area contributed by atoms with Crippen LogP contribution in [0.25, 0.3) is 11.3 Å². The van der Waals surface area contributed by atoms with Crippen molar-refractivity contribution in [3.05, 3.63) is 46.1 Å². The first-order valence-corrected chi connectivity index (χ1v) is 5.10. The van der Waals surface area contributed by atoms with Crippen LogP contribution in [0, 0.1) is 10.1 Å². The van der Waals surface area contributed by atoms with Crippen molar-refractivity contribution in [1.82, 2.24) is 9.97 Å². The van der Waals surface area contributed by atoms with Crippen molar-refractivity contribution in [2.75, 3.05) is 5.73 Å². The van der Waals surface area contributed by atoms with Gasteiger partial charge in [-0.1, -0.05) is 12.1 Å². The van der Waals surface area contributed by atoms with Crippen LogP contribution >= 0.6 is 0 Å². The molecule has 0 unspecified atom stereocenters. The zero-order valence-corrected chi connectivity index (χ0v) is 9.48. The van der Waals surface area contributed by atoms with Gasteiger partial charge in [0.1, 0.15) is 0 Å². The number of aromatic nitrogens is 2. The van der Waals surface area contributed by atoms with Crippen molar-refractivity contribution >= 4 is 17.6 Å². The van der Waals surface area contributed by atoms with E-state index in [4.69, 9.17) is 10.8 Å². The Labute approximate surface area is 106 Å². The molecule has 0 aliphatic carbocycles. The fraction of sp³-hybridized carbons (Fsp3) is 0. The number of nitrogens with two attached hydrogens (primary N) is 1. The normalized spacial score (nSPS) is 10.1. The number of rotatable bonds is 3. The summed E-state index contributed by atoms with van der Waals surface area (Å²) in [6, 6.07) is 6.87. The highest BCUT2D eigenvalue weighted by Gasteiger charge is 2.12. The van der Waals surface area contributed by atoms with Crippen LogP contribution in [0.2, 0.25) is 0 Å². The average Bonchev–Trinajstić information content (AvgIpc) is 2.38. The number of hydrogen-bond donors (Lipinski definition) is 2. The molecule has 19 heavy (non-hydrogen) atoms. The zero-order valence-electron chi connectivity index (χ0n) is 9.48. The third-order valence-corrected chi connectivity index (χ3v) is 2.32. The van der Waals surface area contributed by atoms with Crippen LogP contribution < -0.4 is 5.73 Å². The fourth-order valence-electron chi connectivity index (χ4n) is 1.50. The number of hydrogen-bond acceptors (Lipinski definition) is 6. The first-order chi connectivity index (χ1) is 8.97. The quantitative estimate of drug-likeness (QED) is 0.628. The van der Waals surface area contributed by atoms with E-state index in [9.17, 15) is 14.9 Å². The second-order valence-corrected chi connectivity index (χ2v) is 3.61. The highest BCUT2D eigenvalue weighted by Crippen LogP contribution is 2.23. The van der Waals surface area contributed by atoms with Gasteiger partial charge >= 0.3 is 5.97 Å². The lowest BCUT2D eigenvalue weighted by Gasteiger charge is -2.03. The van der Waals surface area contributed by atoms with Crippen molar-refractivity contribution in [3.63, 3.8) is 0 Å². The van der Waals surface area contributed by atoms with Crippen molar-refractivity contribution in [2.45, 2.75) is 0 Å². The minimum Gasteiger partial charge on any atom is -0.477 e. The maximum atomic E-state index is 10.9. The summed E-state index contributed by atoms with van der Waals surface area (Å²) in [5, 5.41) is 19.5. The van der Waals surface area contributed by atoms with Crippen LogP contribution in [-0.4, -0.2) is 26.0 Å². The molecular weight excluding hydrogens is 252 g/mol. The van der Waals surface area contributed by atoms with Crippen molar-refractivity contribution in [2.24, 2.45) is 0 Å². The minimum absolute atomic E-state index is 0.119. The average molecular weight is 260 g/mol. The molecule has 8 heteroatoms. The Hall–Kier alpha value is -3.03. The summed E-state index contributed by atoms with van der Waals surface area (Å²) < 4.78 is 0. The van der Waals surface area contributed by atoms with E-state index >= 15 is 0 Å². The van der Waals surface area contributed by atoms with Gasteiger partial charge in [-0.3, -0.25) is 10.1 Å². The zero-order chi connectivity index (χ0) is 14.0. The molecule has 0 aliphatic rings. The van der Waals surface area contributed by atoms with Gasteiger partial charge in [0, 0.05) is 17.7 Å².